The summed E-state index contributed by atoms with van der Waals surface area (Å²) in [6.45, 7) is 1.15. The molecule has 2 aliphatic rings. The third-order valence-corrected chi connectivity index (χ3v) is 4.15. The zero-order valence-electron chi connectivity index (χ0n) is 9.77. The van der Waals surface area contributed by atoms with Crippen molar-refractivity contribution in [3.8, 4) is 0 Å². The van der Waals surface area contributed by atoms with Gasteiger partial charge < -0.3 is 4.90 Å². The molecule has 1 aliphatic carbocycles. The van der Waals surface area contributed by atoms with Gasteiger partial charge in [-0.15, -0.1) is 0 Å². The number of nitrogens with zero attached hydrogens (tertiary/aromatic N) is 1. The first-order valence-corrected chi connectivity index (χ1v) is 7.04. The lowest BCUT2D eigenvalue weighted by Gasteiger charge is -2.38. The van der Waals surface area contributed by atoms with E-state index in [-0.39, 0.29) is 0 Å². The Bertz CT molecular complexity index is 458. The molecule has 1 nitrogen and oxygen atoms in total. The van der Waals surface area contributed by atoms with Gasteiger partial charge in [-0.2, -0.15) is 0 Å². The van der Waals surface area contributed by atoms with Crippen molar-refractivity contribution in [2.45, 2.75) is 19.3 Å². The molecule has 17 heavy (non-hydrogen) atoms. The summed E-state index contributed by atoms with van der Waals surface area (Å²) in [6, 6.07) is 8.65. The molecule has 0 bridgehead atoms. The highest BCUT2D eigenvalue weighted by molar-refractivity contribution is 9.10. The molecule has 0 aromatic heterocycles. The van der Waals surface area contributed by atoms with Gasteiger partial charge in [0.2, 0.25) is 0 Å². The average Bonchev–Trinajstić information content (AvgIpc) is 2.39. The summed E-state index contributed by atoms with van der Waals surface area (Å²) in [5, 5.41) is 0. The molecule has 1 aromatic rings. The zero-order valence-corrected chi connectivity index (χ0v) is 11.4. The minimum absolute atomic E-state index is 0.734. The van der Waals surface area contributed by atoms with Crippen LogP contribution in [0.4, 0.5) is 5.69 Å². The lowest BCUT2D eigenvalue weighted by molar-refractivity contribution is 0.475. The average molecular weight is 290 g/mol. The van der Waals surface area contributed by atoms with Gasteiger partial charge in [-0.05, 0) is 49.6 Å². The number of hydrogen-bond donors (Lipinski definition) is 0. The van der Waals surface area contributed by atoms with Crippen molar-refractivity contribution >= 4 is 21.6 Å². The molecule has 1 aliphatic heterocycles. The van der Waals surface area contributed by atoms with Gasteiger partial charge in [-0.25, -0.2) is 0 Å². The third-order valence-electron chi connectivity index (χ3n) is 3.63. The lowest BCUT2D eigenvalue weighted by Crippen LogP contribution is -2.33. The van der Waals surface area contributed by atoms with E-state index >= 15 is 0 Å². The van der Waals surface area contributed by atoms with Crippen LogP contribution in [-0.2, 0) is 0 Å². The summed E-state index contributed by atoms with van der Waals surface area (Å²) < 4.78 is 1.15. The van der Waals surface area contributed by atoms with Crippen molar-refractivity contribution in [1.29, 1.82) is 0 Å². The summed E-state index contributed by atoms with van der Waals surface area (Å²) in [4.78, 5) is 2.48. The lowest BCUT2D eigenvalue weighted by atomic mass is 9.87. The van der Waals surface area contributed by atoms with E-state index in [2.05, 4.69) is 63.3 Å². The van der Waals surface area contributed by atoms with Gasteiger partial charge in [0.25, 0.3) is 0 Å². The van der Waals surface area contributed by atoms with Crippen LogP contribution in [0.25, 0.3) is 0 Å². The van der Waals surface area contributed by atoms with E-state index in [0.29, 0.717) is 0 Å². The van der Waals surface area contributed by atoms with Crippen LogP contribution in [0.2, 0.25) is 0 Å². The van der Waals surface area contributed by atoms with Gasteiger partial charge in [0, 0.05) is 28.3 Å². The molecule has 1 aromatic carbocycles. The third kappa shape index (κ3) is 2.19. The maximum absolute atomic E-state index is 3.49. The Kier molecular flexibility index (Phi) is 3.06. The Hall–Kier alpha value is -1.02. The maximum Gasteiger partial charge on any atom is 0.0409 e. The van der Waals surface area contributed by atoms with Crippen LogP contribution in [0.15, 0.2) is 52.7 Å². The molecule has 0 radical (unpaired) electrons. The number of fused-ring (bicyclic) bond motifs is 1. The molecule has 1 unspecified atom stereocenters. The van der Waals surface area contributed by atoms with E-state index in [1.54, 1.807) is 0 Å². The molecule has 2 heteroatoms. The quantitative estimate of drug-likeness (QED) is 0.735. The first-order chi connectivity index (χ1) is 8.34. The van der Waals surface area contributed by atoms with E-state index in [1.807, 2.05) is 0 Å². The van der Waals surface area contributed by atoms with Crippen molar-refractivity contribution < 1.29 is 0 Å². The van der Waals surface area contributed by atoms with Crippen LogP contribution in [0.1, 0.15) is 19.3 Å². The predicted octanol–water partition coefficient (Wildman–Crippen LogP) is 4.51. The highest BCUT2D eigenvalue weighted by Gasteiger charge is 2.25. The van der Waals surface area contributed by atoms with E-state index in [1.165, 1.54) is 30.6 Å². The number of anilines is 1. The fraction of sp³-hybridized carbons (Fsp3) is 0.333. The second-order valence-corrected chi connectivity index (χ2v) is 5.64. The van der Waals surface area contributed by atoms with Gasteiger partial charge in [0.1, 0.15) is 0 Å². The maximum atomic E-state index is 3.49. The summed E-state index contributed by atoms with van der Waals surface area (Å²) in [5.41, 5.74) is 2.82. The molecule has 1 saturated heterocycles. The molecule has 0 spiro atoms. The van der Waals surface area contributed by atoms with E-state index in [0.717, 1.165) is 16.9 Å². The topological polar surface area (TPSA) is 3.24 Å². The standard InChI is InChI=1S/C15H16BrN/c16-13-7-9-14(10-8-13)17-11-3-5-12-4-1-2-6-15(12)17/h1-2,6-10,12H,3-5,11H2. The molecule has 1 atom stereocenters. The van der Waals surface area contributed by atoms with Crippen molar-refractivity contribution in [3.05, 3.63) is 52.7 Å². The first-order valence-electron chi connectivity index (χ1n) is 6.24. The molecule has 0 N–H and O–H groups in total. The van der Waals surface area contributed by atoms with Gasteiger partial charge in [0.15, 0.2) is 0 Å². The molecule has 1 heterocycles. The zero-order chi connectivity index (χ0) is 11.7. The fourth-order valence-corrected chi connectivity index (χ4v) is 3.03. The van der Waals surface area contributed by atoms with Gasteiger partial charge in [-0.1, -0.05) is 28.1 Å². The number of allylic oxidation sites excluding steroid dienone is 4. The van der Waals surface area contributed by atoms with Gasteiger partial charge in [-0.3, -0.25) is 0 Å². The highest BCUT2D eigenvalue weighted by atomic mass is 79.9. The van der Waals surface area contributed by atoms with Gasteiger partial charge in [0.05, 0.1) is 0 Å². The Morgan fingerprint density at radius 1 is 1.18 bits per heavy atom. The number of hydrogen-bond acceptors (Lipinski definition) is 1. The van der Waals surface area contributed by atoms with E-state index in [9.17, 15) is 0 Å². The first kappa shape index (κ1) is 11.1. The van der Waals surface area contributed by atoms with Crippen molar-refractivity contribution in [2.24, 2.45) is 5.92 Å². The number of halogens is 1. The normalized spacial score (nSPS) is 23.2. The minimum Gasteiger partial charge on any atom is -0.345 e. The predicted molar refractivity (Wildman–Crippen MR) is 76.1 cm³/mol. The van der Waals surface area contributed by atoms with Crippen LogP contribution in [0.3, 0.4) is 0 Å². The molecular weight excluding hydrogens is 274 g/mol. The summed E-state index contributed by atoms with van der Waals surface area (Å²) in [7, 11) is 0. The number of benzene rings is 1. The van der Waals surface area contributed by atoms with Crippen LogP contribution >= 0.6 is 15.9 Å². The fourth-order valence-electron chi connectivity index (χ4n) is 2.77. The van der Waals surface area contributed by atoms with Crippen molar-refractivity contribution in [2.75, 3.05) is 11.4 Å². The summed E-state index contributed by atoms with van der Waals surface area (Å²) in [6.07, 6.45) is 10.6. The summed E-state index contributed by atoms with van der Waals surface area (Å²) >= 11 is 3.49. The van der Waals surface area contributed by atoms with Crippen molar-refractivity contribution in [3.63, 3.8) is 0 Å². The van der Waals surface area contributed by atoms with Crippen molar-refractivity contribution in [1.82, 2.24) is 0 Å². The molecule has 1 fully saturated rings. The molecule has 0 amide bonds. The second-order valence-electron chi connectivity index (χ2n) is 4.72. The SMILES string of the molecule is Brc1ccc(N2CCCC3CC=CC=C32)cc1. The molecular formula is C15H16BrN. The Morgan fingerprint density at radius 2 is 2.00 bits per heavy atom. The Labute approximate surface area is 111 Å². The van der Waals surface area contributed by atoms with E-state index < -0.39 is 0 Å². The number of rotatable bonds is 1. The molecule has 0 saturated carbocycles. The molecule has 3 rings (SSSR count). The molecule has 88 valence electrons. The highest BCUT2D eigenvalue weighted by Crippen LogP contribution is 2.35. The number of piperidine rings is 1. The minimum atomic E-state index is 0.734. The van der Waals surface area contributed by atoms with Crippen LogP contribution in [-0.4, -0.2) is 6.54 Å². The summed E-state index contributed by atoms with van der Waals surface area (Å²) in [5.74, 6) is 0.734. The van der Waals surface area contributed by atoms with Crippen LogP contribution < -0.4 is 4.90 Å². The smallest absolute Gasteiger partial charge is 0.0409 e. The second kappa shape index (κ2) is 4.69. The van der Waals surface area contributed by atoms with Crippen LogP contribution in [0, 0.1) is 5.92 Å². The van der Waals surface area contributed by atoms with Crippen LogP contribution in [0.5, 0.6) is 0 Å². The van der Waals surface area contributed by atoms with Gasteiger partial charge >= 0.3 is 0 Å². The largest absolute Gasteiger partial charge is 0.345 e. The van der Waals surface area contributed by atoms with E-state index in [4.69, 9.17) is 0 Å². The Balaban J connectivity index is 1.93. The monoisotopic (exact) mass is 289 g/mol. The Morgan fingerprint density at radius 3 is 2.82 bits per heavy atom.